The summed E-state index contributed by atoms with van der Waals surface area (Å²) in [4.78, 5) is 14.5. The number of hydrogen-bond donors (Lipinski definition) is 1. The van der Waals surface area contributed by atoms with Gasteiger partial charge in [0.25, 0.3) is 0 Å². The van der Waals surface area contributed by atoms with Gasteiger partial charge in [-0.3, -0.25) is 9.69 Å². The molecular weight excluding hydrogens is 276 g/mol. The molecule has 0 unspecified atom stereocenters. The molecule has 0 radical (unpaired) electrons. The Hall–Kier alpha value is -1.55. The van der Waals surface area contributed by atoms with Gasteiger partial charge in [-0.1, -0.05) is 32.0 Å². The van der Waals surface area contributed by atoms with E-state index in [1.807, 2.05) is 24.3 Å². The van der Waals surface area contributed by atoms with Gasteiger partial charge in [0.2, 0.25) is 5.91 Å². The molecule has 1 aromatic carbocycles. The summed E-state index contributed by atoms with van der Waals surface area (Å²) in [6.07, 6.45) is 3.62. The normalized spacial score (nSPS) is 14.4. The largest absolute Gasteiger partial charge is 0.496 e. The third-order valence-electron chi connectivity index (χ3n) is 4.07. The molecule has 0 aliphatic heterocycles. The molecule has 0 atom stereocenters. The smallest absolute Gasteiger partial charge is 0.234 e. The van der Waals surface area contributed by atoms with Gasteiger partial charge < -0.3 is 10.1 Å². The lowest BCUT2D eigenvalue weighted by atomic mass is 10.1. The van der Waals surface area contributed by atoms with Crippen molar-refractivity contribution in [3.63, 3.8) is 0 Å². The van der Waals surface area contributed by atoms with Gasteiger partial charge in [-0.15, -0.1) is 0 Å². The maximum atomic E-state index is 12.2. The lowest BCUT2D eigenvalue weighted by Gasteiger charge is -2.22. The van der Waals surface area contributed by atoms with Gasteiger partial charge in [0, 0.05) is 18.2 Å². The molecule has 22 heavy (non-hydrogen) atoms. The van der Waals surface area contributed by atoms with E-state index in [1.54, 1.807) is 7.11 Å². The van der Waals surface area contributed by atoms with Crippen LogP contribution >= 0.6 is 0 Å². The highest BCUT2D eigenvalue weighted by Crippen LogP contribution is 2.27. The van der Waals surface area contributed by atoms with Gasteiger partial charge in [0.15, 0.2) is 0 Å². The third kappa shape index (κ3) is 5.34. The minimum Gasteiger partial charge on any atom is -0.496 e. The van der Waals surface area contributed by atoms with Crippen LogP contribution in [-0.4, -0.2) is 37.0 Å². The fraction of sp³-hybridized carbons (Fsp3) is 0.611. The third-order valence-corrected chi connectivity index (χ3v) is 4.07. The van der Waals surface area contributed by atoms with E-state index >= 15 is 0 Å². The van der Waals surface area contributed by atoms with Gasteiger partial charge in [-0.2, -0.15) is 0 Å². The van der Waals surface area contributed by atoms with E-state index in [2.05, 4.69) is 24.1 Å². The zero-order valence-electron chi connectivity index (χ0n) is 14.0. The van der Waals surface area contributed by atoms with Crippen molar-refractivity contribution in [2.75, 3.05) is 20.2 Å². The Morgan fingerprint density at radius 3 is 2.73 bits per heavy atom. The predicted octanol–water partition coefficient (Wildman–Crippen LogP) is 2.82. The molecule has 1 fully saturated rings. The van der Waals surface area contributed by atoms with E-state index in [1.165, 1.54) is 12.8 Å². The molecule has 0 aromatic heterocycles. The zero-order chi connectivity index (χ0) is 15.9. The minimum absolute atomic E-state index is 0.0987. The van der Waals surface area contributed by atoms with Crippen LogP contribution in [0.1, 0.15) is 38.7 Å². The van der Waals surface area contributed by atoms with Crippen LogP contribution in [0.25, 0.3) is 0 Å². The van der Waals surface area contributed by atoms with Crippen molar-refractivity contribution in [3.05, 3.63) is 29.8 Å². The molecule has 0 spiro atoms. The maximum absolute atomic E-state index is 12.2. The summed E-state index contributed by atoms with van der Waals surface area (Å²) in [7, 11) is 1.65. The molecule has 1 aliphatic rings. The van der Waals surface area contributed by atoms with Gasteiger partial charge in [0.05, 0.1) is 13.7 Å². The minimum atomic E-state index is 0.0987. The van der Waals surface area contributed by atoms with Gasteiger partial charge >= 0.3 is 0 Å². The molecule has 4 heteroatoms. The van der Waals surface area contributed by atoms with E-state index in [0.717, 1.165) is 24.3 Å². The summed E-state index contributed by atoms with van der Waals surface area (Å²) >= 11 is 0. The Kier molecular flexibility index (Phi) is 6.25. The highest BCUT2D eigenvalue weighted by Gasteiger charge is 2.29. The van der Waals surface area contributed by atoms with Crippen molar-refractivity contribution in [1.82, 2.24) is 10.2 Å². The Morgan fingerprint density at radius 2 is 2.09 bits per heavy atom. The van der Waals surface area contributed by atoms with Crippen LogP contribution in [0.4, 0.5) is 0 Å². The second kappa shape index (κ2) is 8.18. The standard InChI is InChI=1S/C18H28N2O2/c1-14(2)10-11-20(16-8-9-16)13-18(21)19-12-15-6-4-5-7-17(15)22-3/h4-7,14,16H,8-13H2,1-3H3,(H,19,21). The number of nitrogens with one attached hydrogen (secondary N) is 1. The Bertz CT molecular complexity index is 484. The first-order valence-electron chi connectivity index (χ1n) is 8.22. The number of carbonyl (C=O) groups is 1. The number of carbonyl (C=O) groups excluding carboxylic acids is 1. The van der Waals surface area contributed by atoms with Crippen molar-refractivity contribution in [3.8, 4) is 5.75 Å². The number of amides is 1. The van der Waals surface area contributed by atoms with Crippen LogP contribution in [0.3, 0.4) is 0 Å². The van der Waals surface area contributed by atoms with Crippen molar-refractivity contribution >= 4 is 5.91 Å². The van der Waals surface area contributed by atoms with Crippen LogP contribution in [0.5, 0.6) is 5.75 Å². The number of hydrogen-bond acceptors (Lipinski definition) is 3. The lowest BCUT2D eigenvalue weighted by Crippen LogP contribution is -2.39. The van der Waals surface area contributed by atoms with Gasteiger partial charge in [-0.25, -0.2) is 0 Å². The van der Waals surface area contributed by atoms with Gasteiger partial charge in [0.1, 0.15) is 5.75 Å². The SMILES string of the molecule is COc1ccccc1CNC(=O)CN(CCC(C)C)C1CC1. The zero-order valence-corrected chi connectivity index (χ0v) is 14.0. The molecule has 1 aliphatic carbocycles. The van der Waals surface area contributed by atoms with E-state index in [9.17, 15) is 4.79 Å². The number of methoxy groups -OCH3 is 1. The maximum Gasteiger partial charge on any atom is 0.234 e. The number of nitrogens with zero attached hydrogens (tertiary/aromatic N) is 1. The summed E-state index contributed by atoms with van der Waals surface area (Å²) < 4.78 is 5.31. The second-order valence-electron chi connectivity index (χ2n) is 6.47. The summed E-state index contributed by atoms with van der Waals surface area (Å²) in [6.45, 7) is 6.50. The highest BCUT2D eigenvalue weighted by atomic mass is 16.5. The first kappa shape index (κ1) is 16.8. The molecule has 0 saturated heterocycles. The van der Waals surface area contributed by atoms with Crippen molar-refractivity contribution in [2.24, 2.45) is 5.92 Å². The molecule has 122 valence electrons. The monoisotopic (exact) mass is 304 g/mol. The Morgan fingerprint density at radius 1 is 1.36 bits per heavy atom. The second-order valence-corrected chi connectivity index (χ2v) is 6.47. The first-order chi connectivity index (χ1) is 10.6. The van der Waals surface area contributed by atoms with Crippen LogP contribution in [0.15, 0.2) is 24.3 Å². The quantitative estimate of drug-likeness (QED) is 0.763. The number of ether oxygens (including phenoxy) is 1. The molecule has 4 nitrogen and oxygen atoms in total. The topological polar surface area (TPSA) is 41.6 Å². The predicted molar refractivity (Wildman–Crippen MR) is 88.9 cm³/mol. The Balaban J connectivity index is 1.80. The van der Waals surface area contributed by atoms with Crippen molar-refractivity contribution < 1.29 is 9.53 Å². The lowest BCUT2D eigenvalue weighted by molar-refractivity contribution is -0.122. The van der Waals surface area contributed by atoms with Crippen LogP contribution in [0.2, 0.25) is 0 Å². The summed E-state index contributed by atoms with van der Waals surface area (Å²) in [5, 5.41) is 3.01. The molecule has 2 rings (SSSR count). The molecule has 1 N–H and O–H groups in total. The van der Waals surface area contributed by atoms with E-state index in [0.29, 0.717) is 25.0 Å². The van der Waals surface area contributed by atoms with Crippen LogP contribution in [0, 0.1) is 5.92 Å². The van der Waals surface area contributed by atoms with Crippen molar-refractivity contribution in [1.29, 1.82) is 0 Å². The van der Waals surface area contributed by atoms with Crippen LogP contribution in [-0.2, 0) is 11.3 Å². The molecular formula is C18H28N2O2. The molecule has 1 aromatic rings. The van der Waals surface area contributed by atoms with E-state index in [-0.39, 0.29) is 5.91 Å². The summed E-state index contributed by atoms with van der Waals surface area (Å²) in [5.41, 5.74) is 1.01. The first-order valence-corrected chi connectivity index (χ1v) is 8.22. The fourth-order valence-electron chi connectivity index (χ4n) is 2.54. The average molecular weight is 304 g/mol. The van der Waals surface area contributed by atoms with E-state index in [4.69, 9.17) is 4.74 Å². The molecule has 0 bridgehead atoms. The highest BCUT2D eigenvalue weighted by molar-refractivity contribution is 5.78. The summed E-state index contributed by atoms with van der Waals surface area (Å²) in [6, 6.07) is 8.42. The molecule has 1 amide bonds. The number of para-hydroxylation sites is 1. The van der Waals surface area contributed by atoms with E-state index < -0.39 is 0 Å². The van der Waals surface area contributed by atoms with Crippen molar-refractivity contribution in [2.45, 2.75) is 45.7 Å². The van der Waals surface area contributed by atoms with Gasteiger partial charge in [-0.05, 0) is 37.8 Å². The number of rotatable bonds is 9. The fourth-order valence-corrected chi connectivity index (χ4v) is 2.54. The average Bonchev–Trinajstić information content (AvgIpc) is 3.34. The summed E-state index contributed by atoms with van der Waals surface area (Å²) in [5.74, 6) is 1.60. The van der Waals surface area contributed by atoms with Crippen LogP contribution < -0.4 is 10.1 Å². The Labute approximate surface area is 133 Å². The molecule has 1 saturated carbocycles. The molecule has 0 heterocycles. The number of benzene rings is 1.